The second kappa shape index (κ2) is 2.80. The van der Waals surface area contributed by atoms with Crippen molar-refractivity contribution in [1.82, 2.24) is 0 Å². The van der Waals surface area contributed by atoms with E-state index in [1.165, 1.54) is 0 Å². The smallest absolute Gasteiger partial charge is 0.307 e. The molecule has 0 aliphatic rings. The number of alkyl halides is 2. The Morgan fingerprint density at radius 3 is 2.43 bits per heavy atom. The van der Waals surface area contributed by atoms with Gasteiger partial charge in [-0.05, 0) is 0 Å². The van der Waals surface area contributed by atoms with Crippen molar-refractivity contribution in [2.45, 2.75) is 12.1 Å². The number of carboxylic acids is 1. The van der Waals surface area contributed by atoms with Gasteiger partial charge in [0, 0.05) is 0 Å². The van der Waals surface area contributed by atoms with Crippen molar-refractivity contribution in [2.75, 3.05) is 0 Å². The van der Waals surface area contributed by atoms with E-state index >= 15 is 0 Å². The maximum absolute atomic E-state index is 11.3. The second-order valence-corrected chi connectivity index (χ2v) is 1.46. The number of hydrogen-bond acceptors (Lipinski definition) is 1. The summed E-state index contributed by atoms with van der Waals surface area (Å²) in [4.78, 5) is 9.49. The highest BCUT2D eigenvalue weighted by molar-refractivity contribution is 6.20. The molecule has 4 heteroatoms. The molecule has 7 heavy (non-hydrogen) atoms. The first-order chi connectivity index (χ1) is 3.13. The third kappa shape index (κ3) is 5.69. The van der Waals surface area contributed by atoms with Crippen molar-refractivity contribution in [3.05, 3.63) is 0 Å². The summed E-state index contributed by atoms with van der Waals surface area (Å²) in [6.45, 7) is 0. The van der Waals surface area contributed by atoms with E-state index in [1.54, 1.807) is 0 Å². The van der Waals surface area contributed by atoms with Crippen LogP contribution in [0.5, 0.6) is 0 Å². The van der Waals surface area contributed by atoms with Crippen molar-refractivity contribution in [2.24, 2.45) is 0 Å². The van der Waals surface area contributed by atoms with Crippen molar-refractivity contribution in [3.63, 3.8) is 0 Å². The fourth-order valence-corrected chi connectivity index (χ4v) is 0.264. The maximum atomic E-state index is 11.3. The van der Waals surface area contributed by atoms with Gasteiger partial charge in [0.25, 0.3) is 0 Å². The van der Waals surface area contributed by atoms with Gasteiger partial charge >= 0.3 is 5.97 Å². The Kier molecular flexibility index (Phi) is 2.67. The first kappa shape index (κ1) is 6.69. The van der Waals surface area contributed by atoms with E-state index < -0.39 is 18.0 Å². The molecule has 1 N–H and O–H groups in total. The second-order valence-electron chi connectivity index (χ2n) is 0.989. The lowest BCUT2D eigenvalue weighted by atomic mass is 10.5. The summed E-state index contributed by atoms with van der Waals surface area (Å²) in [5.41, 5.74) is -1.75. The summed E-state index contributed by atoms with van der Waals surface area (Å²) in [5, 5.41) is 7.76. The highest BCUT2D eigenvalue weighted by atomic mass is 35.5. The topological polar surface area (TPSA) is 37.3 Å². The Morgan fingerprint density at radius 2 is 2.43 bits per heavy atom. The Labute approximate surface area is 44.9 Å². The van der Waals surface area contributed by atoms with Crippen LogP contribution in [-0.2, 0) is 4.79 Å². The average Bonchev–Trinajstić information content (AvgIpc) is 1.27. The summed E-state index contributed by atoms with van der Waals surface area (Å²) in [7, 11) is 0. The van der Waals surface area contributed by atoms with E-state index in [0.717, 1.165) is 0 Å². The summed E-state index contributed by atoms with van der Waals surface area (Å²) < 4.78 is 11.3. The number of halogens is 2. The van der Waals surface area contributed by atoms with Crippen LogP contribution >= 0.6 is 11.6 Å². The first-order valence-corrected chi connectivity index (χ1v) is 2.06. The SMILES string of the molecule is O=C(O)CC(F)Cl. The fourth-order valence-electron chi connectivity index (χ4n) is 0.132. The van der Waals surface area contributed by atoms with E-state index in [9.17, 15) is 9.18 Å². The van der Waals surface area contributed by atoms with Crippen LogP contribution in [-0.4, -0.2) is 16.7 Å². The van der Waals surface area contributed by atoms with E-state index in [1.807, 2.05) is 0 Å². The standard InChI is InChI=1S/C3H4ClFO2/c4-2(5)1-3(6)7/h2H,1H2,(H,6,7). The van der Waals surface area contributed by atoms with Crippen LogP contribution in [0, 0.1) is 0 Å². The number of carbonyl (C=O) groups is 1. The number of carboxylic acid groups (broad SMARTS) is 1. The van der Waals surface area contributed by atoms with Crippen molar-refractivity contribution < 1.29 is 14.3 Å². The van der Waals surface area contributed by atoms with Gasteiger partial charge in [-0.3, -0.25) is 4.79 Å². The van der Waals surface area contributed by atoms with Gasteiger partial charge in [0.2, 0.25) is 0 Å². The molecule has 0 aromatic carbocycles. The molecule has 0 fully saturated rings. The molecule has 0 aliphatic carbocycles. The van der Waals surface area contributed by atoms with Crippen molar-refractivity contribution in [3.8, 4) is 0 Å². The van der Waals surface area contributed by atoms with E-state index in [-0.39, 0.29) is 0 Å². The molecular formula is C3H4ClFO2. The van der Waals surface area contributed by atoms with Crippen molar-refractivity contribution in [1.29, 1.82) is 0 Å². The summed E-state index contributed by atoms with van der Waals surface area (Å²) in [5.74, 6) is -1.22. The predicted octanol–water partition coefficient (Wildman–Crippen LogP) is 0.996. The van der Waals surface area contributed by atoms with Crippen LogP contribution in [0.3, 0.4) is 0 Å². The number of aliphatic carboxylic acids is 1. The summed E-state index contributed by atoms with van der Waals surface area (Å²) >= 11 is 4.63. The zero-order valence-electron chi connectivity index (χ0n) is 3.40. The van der Waals surface area contributed by atoms with Gasteiger partial charge in [-0.25, -0.2) is 4.39 Å². The lowest BCUT2D eigenvalue weighted by Crippen LogP contribution is -2.00. The molecular weight excluding hydrogens is 122 g/mol. The Hall–Kier alpha value is -0.310. The largest absolute Gasteiger partial charge is 0.481 e. The molecule has 0 spiro atoms. The number of rotatable bonds is 2. The monoisotopic (exact) mass is 126 g/mol. The maximum Gasteiger partial charge on any atom is 0.307 e. The van der Waals surface area contributed by atoms with Crippen LogP contribution in [0.1, 0.15) is 6.42 Å². The van der Waals surface area contributed by atoms with Crippen molar-refractivity contribution >= 4 is 17.6 Å². The lowest BCUT2D eigenvalue weighted by molar-refractivity contribution is -0.137. The van der Waals surface area contributed by atoms with Gasteiger partial charge in [0.05, 0.1) is 6.42 Å². The third-order valence-corrected chi connectivity index (χ3v) is 0.483. The van der Waals surface area contributed by atoms with Gasteiger partial charge in [0.15, 0.2) is 5.63 Å². The van der Waals surface area contributed by atoms with Crippen LogP contribution in [0.25, 0.3) is 0 Å². The predicted molar refractivity (Wildman–Crippen MR) is 23.0 cm³/mol. The molecule has 2 nitrogen and oxygen atoms in total. The molecule has 1 atom stereocenters. The minimum atomic E-state index is -1.75. The minimum Gasteiger partial charge on any atom is -0.481 e. The average molecular weight is 127 g/mol. The number of hydrogen-bond donors (Lipinski definition) is 1. The van der Waals surface area contributed by atoms with Crippen LogP contribution < -0.4 is 0 Å². The van der Waals surface area contributed by atoms with Gasteiger partial charge in [-0.2, -0.15) is 0 Å². The summed E-state index contributed by atoms with van der Waals surface area (Å²) in [6.07, 6.45) is -0.623. The molecule has 0 bridgehead atoms. The Bertz CT molecular complexity index is 73.3. The Morgan fingerprint density at radius 1 is 2.00 bits per heavy atom. The van der Waals surface area contributed by atoms with Crippen LogP contribution in [0.2, 0.25) is 0 Å². The molecule has 0 heterocycles. The molecule has 0 radical (unpaired) electrons. The molecule has 0 saturated heterocycles. The molecule has 1 unspecified atom stereocenters. The fraction of sp³-hybridized carbons (Fsp3) is 0.667. The molecule has 0 amide bonds. The molecule has 0 saturated carbocycles. The third-order valence-electron chi connectivity index (χ3n) is 0.329. The van der Waals surface area contributed by atoms with Gasteiger partial charge < -0.3 is 5.11 Å². The molecule has 0 aromatic heterocycles. The molecule has 42 valence electrons. The van der Waals surface area contributed by atoms with Crippen LogP contribution in [0.4, 0.5) is 4.39 Å². The highest BCUT2D eigenvalue weighted by Gasteiger charge is 2.04. The van der Waals surface area contributed by atoms with Gasteiger partial charge in [-0.15, -0.1) is 0 Å². The highest BCUT2D eigenvalue weighted by Crippen LogP contribution is 2.00. The zero-order valence-corrected chi connectivity index (χ0v) is 4.15. The van der Waals surface area contributed by atoms with Gasteiger partial charge in [0.1, 0.15) is 0 Å². The molecule has 0 rings (SSSR count). The Balaban J connectivity index is 3.13. The lowest BCUT2D eigenvalue weighted by Gasteiger charge is -1.88. The molecule has 0 aromatic rings. The molecule has 0 aliphatic heterocycles. The van der Waals surface area contributed by atoms with E-state index in [2.05, 4.69) is 11.6 Å². The van der Waals surface area contributed by atoms with E-state index in [4.69, 9.17) is 5.11 Å². The normalized spacial score (nSPS) is 13.4. The van der Waals surface area contributed by atoms with Gasteiger partial charge in [-0.1, -0.05) is 11.6 Å². The quantitative estimate of drug-likeness (QED) is 0.561. The zero-order chi connectivity index (χ0) is 5.86. The van der Waals surface area contributed by atoms with Crippen LogP contribution in [0.15, 0.2) is 0 Å². The van der Waals surface area contributed by atoms with E-state index in [0.29, 0.717) is 0 Å². The summed E-state index contributed by atoms with van der Waals surface area (Å²) in [6, 6.07) is 0. The minimum absolute atomic E-state index is 0.623. The first-order valence-electron chi connectivity index (χ1n) is 1.63.